The molecule has 0 radical (unpaired) electrons. The number of amides is 1. The highest BCUT2D eigenvalue weighted by molar-refractivity contribution is 7.99. The van der Waals surface area contributed by atoms with Crippen LogP contribution in [0.25, 0.3) is 0 Å². The third-order valence-electron chi connectivity index (χ3n) is 5.29. The predicted octanol–water partition coefficient (Wildman–Crippen LogP) is 1.16. The number of thioether (sulfide) groups is 1. The lowest BCUT2D eigenvalue weighted by Gasteiger charge is -2.44. The van der Waals surface area contributed by atoms with Crippen LogP contribution in [0, 0.1) is 0 Å². The van der Waals surface area contributed by atoms with Crippen LogP contribution in [0.1, 0.15) is 45.0 Å². The fraction of sp³-hybridized carbons (Fsp3) is 0.538. The summed E-state index contributed by atoms with van der Waals surface area (Å²) in [5.41, 5.74) is -0.805. The lowest BCUT2D eigenvalue weighted by molar-refractivity contribution is -0.237. The van der Waals surface area contributed by atoms with E-state index in [0.717, 1.165) is 32.5 Å². The van der Waals surface area contributed by atoms with Crippen molar-refractivity contribution in [2.24, 2.45) is 0 Å². The number of rotatable bonds is 12. The van der Waals surface area contributed by atoms with Gasteiger partial charge < -0.3 is 33.7 Å². The molecule has 14 heteroatoms. The van der Waals surface area contributed by atoms with Crippen molar-refractivity contribution in [2.75, 3.05) is 19.0 Å². The van der Waals surface area contributed by atoms with Crippen LogP contribution < -0.4 is 5.32 Å². The number of carbonyl (C=O) groups is 6. The summed E-state index contributed by atoms with van der Waals surface area (Å²) in [5.74, 6) is -4.29. The topological polar surface area (TPSA) is 170 Å². The molecule has 0 unspecified atom stereocenters. The molecule has 220 valence electrons. The summed E-state index contributed by atoms with van der Waals surface area (Å²) in [7, 11) is 0. The van der Waals surface area contributed by atoms with Crippen LogP contribution in [-0.2, 0) is 52.4 Å². The molecular formula is C26H33NO12S. The highest BCUT2D eigenvalue weighted by Crippen LogP contribution is 2.34. The Balaban J connectivity index is 2.38. The molecule has 0 aliphatic carbocycles. The lowest BCUT2D eigenvalue weighted by Crippen LogP contribution is -2.61. The second kappa shape index (κ2) is 15.8. The Morgan fingerprint density at radius 2 is 1.40 bits per heavy atom. The number of ether oxygens (including phenoxy) is 6. The van der Waals surface area contributed by atoms with E-state index < -0.39 is 71.6 Å². The maximum absolute atomic E-state index is 12.8. The minimum absolute atomic E-state index is 0.0558. The van der Waals surface area contributed by atoms with Gasteiger partial charge in [-0.1, -0.05) is 18.2 Å². The van der Waals surface area contributed by atoms with E-state index in [-0.39, 0.29) is 19.0 Å². The molecule has 1 saturated heterocycles. The normalized spacial score (nSPS) is 22.7. The molecule has 1 aliphatic heterocycles. The SMILES string of the molecule is CCOC(=O)[C@H](CS[C@H]1O[C@H](COC(C)=O)[C@H](OC(C)=O)[C@H](OC(C)=O)[C@H]1OC(C)=O)NC(=O)c1ccccc1. The second-order valence-electron chi connectivity index (χ2n) is 8.55. The Kier molecular flexibility index (Phi) is 12.9. The van der Waals surface area contributed by atoms with Gasteiger partial charge in [-0.2, -0.15) is 0 Å². The highest BCUT2D eigenvalue weighted by atomic mass is 32.2. The first-order valence-electron chi connectivity index (χ1n) is 12.4. The fourth-order valence-electron chi connectivity index (χ4n) is 3.76. The summed E-state index contributed by atoms with van der Waals surface area (Å²) in [5, 5.41) is 2.62. The van der Waals surface area contributed by atoms with Gasteiger partial charge in [-0.3, -0.25) is 24.0 Å². The lowest BCUT2D eigenvalue weighted by atomic mass is 9.99. The molecule has 6 atom stereocenters. The first kappa shape index (κ1) is 32.6. The highest BCUT2D eigenvalue weighted by Gasteiger charge is 2.52. The molecule has 1 aliphatic rings. The third kappa shape index (κ3) is 10.2. The van der Waals surface area contributed by atoms with Crippen molar-refractivity contribution >= 4 is 47.5 Å². The molecule has 0 bridgehead atoms. The molecule has 1 heterocycles. The van der Waals surface area contributed by atoms with Gasteiger partial charge >= 0.3 is 29.8 Å². The summed E-state index contributed by atoms with van der Waals surface area (Å²) in [4.78, 5) is 72.9. The minimum atomic E-state index is -1.35. The van der Waals surface area contributed by atoms with Gasteiger partial charge in [-0.05, 0) is 19.1 Å². The second-order valence-corrected chi connectivity index (χ2v) is 9.68. The van der Waals surface area contributed by atoms with E-state index in [1.807, 2.05) is 0 Å². The molecule has 1 aromatic rings. The van der Waals surface area contributed by atoms with Crippen LogP contribution in [0.2, 0.25) is 0 Å². The van der Waals surface area contributed by atoms with Crippen LogP contribution in [-0.4, -0.2) is 90.6 Å². The quantitative estimate of drug-likeness (QED) is 0.275. The number of carbonyl (C=O) groups excluding carboxylic acids is 6. The number of benzene rings is 1. The molecule has 0 saturated carbocycles. The molecule has 1 amide bonds. The zero-order valence-electron chi connectivity index (χ0n) is 22.8. The maximum Gasteiger partial charge on any atom is 0.329 e. The molecule has 2 rings (SSSR count). The van der Waals surface area contributed by atoms with Gasteiger partial charge in [0.2, 0.25) is 0 Å². The van der Waals surface area contributed by atoms with Gasteiger partial charge in [-0.25, -0.2) is 4.79 Å². The van der Waals surface area contributed by atoms with Crippen molar-refractivity contribution in [1.29, 1.82) is 0 Å². The van der Waals surface area contributed by atoms with Crippen molar-refractivity contribution < 1.29 is 57.2 Å². The summed E-state index contributed by atoms with van der Waals surface area (Å²) >= 11 is 0.949. The van der Waals surface area contributed by atoms with Crippen molar-refractivity contribution in [1.82, 2.24) is 5.32 Å². The van der Waals surface area contributed by atoms with Crippen molar-refractivity contribution in [3.8, 4) is 0 Å². The van der Waals surface area contributed by atoms with Gasteiger partial charge in [-0.15, -0.1) is 11.8 Å². The Labute approximate surface area is 235 Å². The third-order valence-corrected chi connectivity index (χ3v) is 6.52. The van der Waals surface area contributed by atoms with Crippen molar-refractivity contribution in [2.45, 2.75) is 70.5 Å². The standard InChI is InChI=1S/C26H33NO12S/c1-6-34-25(33)19(27-24(32)18-10-8-7-9-11-18)13-40-26-23(38-17(5)31)22(37-16(4)30)21(36-15(3)29)20(39-26)12-35-14(2)28/h7-11,19-23,26H,6,12-13H2,1-5H3,(H,27,32)/t19-,20+,21-,22-,23+,26+/m0/s1. The van der Waals surface area contributed by atoms with Crippen molar-refractivity contribution in [3.63, 3.8) is 0 Å². The first-order valence-corrected chi connectivity index (χ1v) is 13.4. The van der Waals surface area contributed by atoms with E-state index in [4.69, 9.17) is 28.4 Å². The molecular weight excluding hydrogens is 550 g/mol. The maximum atomic E-state index is 12.8. The monoisotopic (exact) mass is 583 g/mol. The summed E-state index contributed by atoms with van der Waals surface area (Å²) in [6.45, 7) is 5.81. The molecule has 0 aromatic heterocycles. The van der Waals surface area contributed by atoms with E-state index in [9.17, 15) is 28.8 Å². The zero-order chi connectivity index (χ0) is 29.8. The summed E-state index contributed by atoms with van der Waals surface area (Å²) < 4.78 is 32.4. The molecule has 13 nitrogen and oxygen atoms in total. The van der Waals surface area contributed by atoms with Crippen LogP contribution in [0.15, 0.2) is 30.3 Å². The molecule has 40 heavy (non-hydrogen) atoms. The average Bonchev–Trinajstić information content (AvgIpc) is 2.88. The van der Waals surface area contributed by atoms with Crippen LogP contribution in [0.5, 0.6) is 0 Å². The van der Waals surface area contributed by atoms with E-state index >= 15 is 0 Å². The largest absolute Gasteiger partial charge is 0.464 e. The summed E-state index contributed by atoms with van der Waals surface area (Å²) in [6.07, 6.45) is -5.10. The fourth-order valence-corrected chi connectivity index (χ4v) is 4.98. The van der Waals surface area contributed by atoms with E-state index in [2.05, 4.69) is 5.32 Å². The van der Waals surface area contributed by atoms with Gasteiger partial charge in [0.05, 0.1) is 6.61 Å². The van der Waals surface area contributed by atoms with Gasteiger partial charge in [0.1, 0.15) is 24.2 Å². The molecule has 1 aromatic carbocycles. The van der Waals surface area contributed by atoms with Gasteiger partial charge in [0.15, 0.2) is 18.3 Å². The van der Waals surface area contributed by atoms with Gasteiger partial charge in [0, 0.05) is 39.0 Å². The Bertz CT molecular complexity index is 1070. The van der Waals surface area contributed by atoms with Crippen LogP contribution >= 0.6 is 11.8 Å². The first-order chi connectivity index (χ1) is 18.9. The van der Waals surface area contributed by atoms with Crippen LogP contribution in [0.3, 0.4) is 0 Å². The smallest absolute Gasteiger partial charge is 0.329 e. The van der Waals surface area contributed by atoms with Gasteiger partial charge in [0.25, 0.3) is 5.91 Å². The average molecular weight is 584 g/mol. The van der Waals surface area contributed by atoms with E-state index in [0.29, 0.717) is 5.56 Å². The molecule has 0 spiro atoms. The Hall–Kier alpha value is -3.65. The number of nitrogens with one attached hydrogen (secondary N) is 1. The molecule has 1 N–H and O–H groups in total. The van der Waals surface area contributed by atoms with E-state index in [1.54, 1.807) is 37.3 Å². The minimum Gasteiger partial charge on any atom is -0.464 e. The zero-order valence-corrected chi connectivity index (χ0v) is 23.6. The van der Waals surface area contributed by atoms with Crippen LogP contribution in [0.4, 0.5) is 0 Å². The molecule has 1 fully saturated rings. The Morgan fingerprint density at radius 1 is 0.825 bits per heavy atom. The summed E-state index contributed by atoms with van der Waals surface area (Å²) in [6, 6.07) is 7.07. The number of esters is 5. The Morgan fingerprint density at radius 3 is 1.95 bits per heavy atom. The number of hydrogen-bond donors (Lipinski definition) is 1. The van der Waals surface area contributed by atoms with E-state index in [1.165, 1.54) is 6.92 Å². The number of hydrogen-bond acceptors (Lipinski definition) is 13. The predicted molar refractivity (Wildman–Crippen MR) is 139 cm³/mol. The van der Waals surface area contributed by atoms with Crippen molar-refractivity contribution in [3.05, 3.63) is 35.9 Å².